The number of carbonyl (C=O) groups is 2. The fourth-order valence-electron chi connectivity index (χ4n) is 3.38. The molecule has 3 rings (SSSR count). The summed E-state index contributed by atoms with van der Waals surface area (Å²) in [6.07, 6.45) is 6.09. The summed E-state index contributed by atoms with van der Waals surface area (Å²) in [6.45, 7) is -0.174. The largest absolute Gasteiger partial charge is 0.347 e. The molecule has 0 radical (unpaired) electrons. The molecule has 0 saturated heterocycles. The van der Waals surface area contributed by atoms with E-state index in [-0.39, 0.29) is 34.8 Å². The third kappa shape index (κ3) is 4.01. The Bertz CT molecular complexity index is 923. The molecule has 1 aromatic heterocycles. The summed E-state index contributed by atoms with van der Waals surface area (Å²) in [7, 11) is 0. The van der Waals surface area contributed by atoms with Crippen molar-refractivity contribution in [2.45, 2.75) is 38.5 Å². The molecule has 0 bridgehead atoms. The van der Waals surface area contributed by atoms with Crippen molar-refractivity contribution in [3.8, 4) is 0 Å². The Labute approximate surface area is 149 Å². The van der Waals surface area contributed by atoms with Gasteiger partial charge >= 0.3 is 0 Å². The minimum atomic E-state index is -0.502. The van der Waals surface area contributed by atoms with Gasteiger partial charge < -0.3 is 10.6 Å². The third-order valence-electron chi connectivity index (χ3n) is 4.75. The standard InChI is InChI=1S/C18H22N4O4/c23-14(10-19-16(24)11-6-3-1-2-4-7-11)20-13-9-5-8-12-15(13)18(26)22-21-17(12)25/h5,8-9,11H,1-4,6-7,10H2,(H,19,24)(H,20,23)(H,21,25)(H,22,26). The van der Waals surface area contributed by atoms with Crippen LogP contribution in [0.3, 0.4) is 0 Å². The summed E-state index contributed by atoms with van der Waals surface area (Å²) in [5, 5.41) is 10.0. The van der Waals surface area contributed by atoms with Crippen LogP contribution in [-0.4, -0.2) is 28.6 Å². The molecular formula is C18H22N4O4. The van der Waals surface area contributed by atoms with Crippen LogP contribution in [0.5, 0.6) is 0 Å². The summed E-state index contributed by atoms with van der Waals surface area (Å²) in [6, 6.07) is 4.63. The van der Waals surface area contributed by atoms with Crippen LogP contribution in [0.1, 0.15) is 38.5 Å². The molecule has 8 heteroatoms. The molecule has 26 heavy (non-hydrogen) atoms. The van der Waals surface area contributed by atoms with Gasteiger partial charge in [0.2, 0.25) is 11.8 Å². The Hall–Kier alpha value is -2.90. The molecule has 1 heterocycles. The van der Waals surface area contributed by atoms with E-state index < -0.39 is 17.0 Å². The van der Waals surface area contributed by atoms with E-state index in [2.05, 4.69) is 20.8 Å². The lowest BCUT2D eigenvalue weighted by Crippen LogP contribution is -2.37. The molecule has 0 unspecified atom stereocenters. The highest BCUT2D eigenvalue weighted by molar-refractivity contribution is 6.02. The van der Waals surface area contributed by atoms with E-state index >= 15 is 0 Å². The number of hydrogen-bond acceptors (Lipinski definition) is 4. The summed E-state index contributed by atoms with van der Waals surface area (Å²) < 4.78 is 0. The molecular weight excluding hydrogens is 336 g/mol. The van der Waals surface area contributed by atoms with Gasteiger partial charge in [0, 0.05) is 5.92 Å². The van der Waals surface area contributed by atoms with Crippen molar-refractivity contribution in [3.05, 3.63) is 38.9 Å². The highest BCUT2D eigenvalue weighted by Crippen LogP contribution is 2.22. The number of nitrogens with one attached hydrogen (secondary N) is 4. The van der Waals surface area contributed by atoms with Crippen LogP contribution in [-0.2, 0) is 9.59 Å². The lowest BCUT2D eigenvalue weighted by Gasteiger charge is -2.14. The fraction of sp³-hybridized carbons (Fsp3) is 0.444. The number of hydrogen-bond donors (Lipinski definition) is 4. The second-order valence-corrected chi connectivity index (χ2v) is 6.59. The van der Waals surface area contributed by atoms with Crippen molar-refractivity contribution in [2.24, 2.45) is 5.92 Å². The summed E-state index contributed by atoms with van der Waals surface area (Å²) in [4.78, 5) is 48.2. The minimum Gasteiger partial charge on any atom is -0.347 e. The van der Waals surface area contributed by atoms with Gasteiger partial charge in [-0.25, -0.2) is 0 Å². The first-order valence-corrected chi connectivity index (χ1v) is 8.87. The lowest BCUT2D eigenvalue weighted by atomic mass is 9.99. The highest BCUT2D eigenvalue weighted by atomic mass is 16.2. The van der Waals surface area contributed by atoms with E-state index in [9.17, 15) is 19.2 Å². The molecule has 0 aliphatic heterocycles. The normalized spacial score (nSPS) is 15.4. The number of benzene rings is 1. The summed E-state index contributed by atoms with van der Waals surface area (Å²) >= 11 is 0. The van der Waals surface area contributed by atoms with Crippen molar-refractivity contribution >= 4 is 28.3 Å². The van der Waals surface area contributed by atoms with Gasteiger partial charge in [-0.1, -0.05) is 31.7 Å². The van der Waals surface area contributed by atoms with Crippen LogP contribution in [0.2, 0.25) is 0 Å². The van der Waals surface area contributed by atoms with Crippen LogP contribution in [0.25, 0.3) is 10.8 Å². The van der Waals surface area contributed by atoms with Crippen LogP contribution in [0.4, 0.5) is 5.69 Å². The monoisotopic (exact) mass is 358 g/mol. The summed E-state index contributed by atoms with van der Waals surface area (Å²) in [5.74, 6) is -0.585. The predicted octanol–water partition coefficient (Wildman–Crippen LogP) is 1.24. The van der Waals surface area contributed by atoms with Crippen LogP contribution < -0.4 is 21.8 Å². The first-order chi connectivity index (χ1) is 12.6. The maximum atomic E-state index is 12.2. The number of carbonyl (C=O) groups excluding carboxylic acids is 2. The molecule has 1 fully saturated rings. The molecule has 4 N–H and O–H groups in total. The average Bonchev–Trinajstić information content (AvgIpc) is 2.92. The molecule has 1 aliphatic carbocycles. The number of rotatable bonds is 4. The van der Waals surface area contributed by atoms with Gasteiger partial charge in [-0.15, -0.1) is 0 Å². The zero-order valence-corrected chi connectivity index (χ0v) is 14.4. The zero-order valence-electron chi connectivity index (χ0n) is 14.4. The SMILES string of the molecule is O=C(CNC(=O)C1CCCCCC1)Nc1cccc2c(=O)[nH][nH]c(=O)c12. The van der Waals surface area contributed by atoms with E-state index in [4.69, 9.17) is 0 Å². The number of aromatic nitrogens is 2. The second-order valence-electron chi connectivity index (χ2n) is 6.59. The van der Waals surface area contributed by atoms with E-state index in [0.29, 0.717) is 0 Å². The smallest absolute Gasteiger partial charge is 0.272 e. The van der Waals surface area contributed by atoms with Crippen molar-refractivity contribution < 1.29 is 9.59 Å². The molecule has 2 aromatic rings. The van der Waals surface area contributed by atoms with Gasteiger partial charge in [-0.05, 0) is 25.0 Å². The Morgan fingerprint density at radius 3 is 2.42 bits per heavy atom. The fourth-order valence-corrected chi connectivity index (χ4v) is 3.38. The van der Waals surface area contributed by atoms with Crippen LogP contribution >= 0.6 is 0 Å². The molecule has 1 aliphatic rings. The van der Waals surface area contributed by atoms with Gasteiger partial charge in [0.05, 0.1) is 23.0 Å². The van der Waals surface area contributed by atoms with Crippen LogP contribution in [0, 0.1) is 5.92 Å². The minimum absolute atomic E-state index is 0.0377. The molecule has 0 atom stereocenters. The molecule has 1 aromatic carbocycles. The van der Waals surface area contributed by atoms with E-state index in [1.54, 1.807) is 12.1 Å². The number of anilines is 1. The van der Waals surface area contributed by atoms with Gasteiger partial charge in [0.15, 0.2) is 0 Å². The van der Waals surface area contributed by atoms with Crippen molar-refractivity contribution in [1.82, 2.24) is 15.5 Å². The van der Waals surface area contributed by atoms with E-state index in [1.807, 2.05) is 0 Å². The van der Waals surface area contributed by atoms with Crippen molar-refractivity contribution in [3.63, 3.8) is 0 Å². The summed E-state index contributed by atoms with van der Waals surface area (Å²) in [5.41, 5.74) is -0.709. The van der Waals surface area contributed by atoms with E-state index in [1.165, 1.54) is 6.07 Å². The number of amides is 2. The maximum absolute atomic E-state index is 12.2. The number of fused-ring (bicyclic) bond motifs is 1. The Morgan fingerprint density at radius 2 is 1.69 bits per heavy atom. The topological polar surface area (TPSA) is 124 Å². The number of H-pyrrole nitrogens is 2. The Morgan fingerprint density at radius 1 is 1.00 bits per heavy atom. The quantitative estimate of drug-likeness (QED) is 0.614. The molecule has 2 amide bonds. The van der Waals surface area contributed by atoms with Crippen molar-refractivity contribution in [1.29, 1.82) is 0 Å². The zero-order chi connectivity index (χ0) is 18.5. The van der Waals surface area contributed by atoms with Crippen LogP contribution in [0.15, 0.2) is 27.8 Å². The Kier molecular flexibility index (Phi) is 5.50. The second kappa shape index (κ2) is 7.99. The molecule has 8 nitrogen and oxygen atoms in total. The molecule has 0 spiro atoms. The number of aromatic amines is 2. The predicted molar refractivity (Wildman–Crippen MR) is 98.0 cm³/mol. The van der Waals surface area contributed by atoms with E-state index in [0.717, 1.165) is 38.5 Å². The average molecular weight is 358 g/mol. The molecule has 138 valence electrons. The lowest BCUT2D eigenvalue weighted by molar-refractivity contribution is -0.127. The first-order valence-electron chi connectivity index (χ1n) is 8.87. The van der Waals surface area contributed by atoms with Gasteiger partial charge in [-0.3, -0.25) is 29.4 Å². The van der Waals surface area contributed by atoms with Gasteiger partial charge in [0.25, 0.3) is 11.1 Å². The Balaban J connectivity index is 1.66. The van der Waals surface area contributed by atoms with Gasteiger partial charge in [0.1, 0.15) is 0 Å². The molecule has 1 saturated carbocycles. The maximum Gasteiger partial charge on any atom is 0.272 e. The van der Waals surface area contributed by atoms with Crippen molar-refractivity contribution in [2.75, 3.05) is 11.9 Å². The third-order valence-corrected chi connectivity index (χ3v) is 4.75. The van der Waals surface area contributed by atoms with Gasteiger partial charge in [-0.2, -0.15) is 0 Å². The first kappa shape index (κ1) is 17.9. The highest BCUT2D eigenvalue weighted by Gasteiger charge is 2.20.